The number of fused-ring (bicyclic) bond motifs is 1. The molecule has 2 heterocycles. The standard InChI is InChI=1S/C21H23N3O4S/c1-2-28-18-6-4-17(5-7-18)22-21-10-3-16-15-19(8-9-20(16)23-21)29(25,26)24-11-13-27-14-12-24/h3-10,15H,2,11-14H2,1H3,(H,22,23). The first kappa shape index (κ1) is 19.6. The lowest BCUT2D eigenvalue weighted by atomic mass is 10.2. The van der Waals surface area contributed by atoms with Crippen molar-refractivity contribution < 1.29 is 17.9 Å². The summed E-state index contributed by atoms with van der Waals surface area (Å²) in [4.78, 5) is 4.87. The van der Waals surface area contributed by atoms with Gasteiger partial charge < -0.3 is 14.8 Å². The van der Waals surface area contributed by atoms with E-state index in [1.807, 2.05) is 43.3 Å². The third-order valence-corrected chi connectivity index (χ3v) is 6.60. The summed E-state index contributed by atoms with van der Waals surface area (Å²) in [5, 5.41) is 4.03. The summed E-state index contributed by atoms with van der Waals surface area (Å²) in [5.74, 6) is 1.50. The van der Waals surface area contributed by atoms with Gasteiger partial charge in [-0.05, 0) is 61.5 Å². The zero-order valence-corrected chi connectivity index (χ0v) is 17.0. The van der Waals surface area contributed by atoms with Gasteiger partial charge in [0.2, 0.25) is 10.0 Å². The molecule has 1 fully saturated rings. The quantitative estimate of drug-likeness (QED) is 0.667. The van der Waals surface area contributed by atoms with Gasteiger partial charge in [0.25, 0.3) is 0 Å². The molecule has 1 N–H and O–H groups in total. The highest BCUT2D eigenvalue weighted by Gasteiger charge is 2.26. The summed E-state index contributed by atoms with van der Waals surface area (Å²) in [5.41, 5.74) is 1.62. The molecule has 4 rings (SSSR count). The Kier molecular flexibility index (Phi) is 5.66. The van der Waals surface area contributed by atoms with Crippen LogP contribution in [-0.2, 0) is 14.8 Å². The Bertz CT molecular complexity index is 1090. The molecule has 2 aromatic carbocycles. The fourth-order valence-corrected chi connectivity index (χ4v) is 4.66. The van der Waals surface area contributed by atoms with E-state index < -0.39 is 10.0 Å². The maximum atomic E-state index is 12.8. The lowest BCUT2D eigenvalue weighted by Gasteiger charge is -2.26. The maximum absolute atomic E-state index is 12.8. The SMILES string of the molecule is CCOc1ccc(Nc2ccc3cc(S(=O)(=O)N4CCOCC4)ccc3n2)cc1. The van der Waals surface area contributed by atoms with Gasteiger partial charge in [0, 0.05) is 24.2 Å². The van der Waals surface area contributed by atoms with E-state index in [0.717, 1.165) is 22.3 Å². The van der Waals surface area contributed by atoms with Crippen LogP contribution in [0.2, 0.25) is 0 Å². The molecule has 1 aliphatic rings. The largest absolute Gasteiger partial charge is 0.494 e. The number of hydrogen-bond acceptors (Lipinski definition) is 6. The predicted molar refractivity (Wildman–Crippen MR) is 112 cm³/mol. The Hall–Kier alpha value is -2.68. The van der Waals surface area contributed by atoms with Gasteiger partial charge in [-0.2, -0.15) is 4.31 Å². The molecule has 0 aliphatic carbocycles. The van der Waals surface area contributed by atoms with Gasteiger partial charge in [0.05, 0.1) is 30.2 Å². The van der Waals surface area contributed by atoms with Crippen molar-refractivity contribution in [2.45, 2.75) is 11.8 Å². The molecule has 0 amide bonds. The Morgan fingerprint density at radius 1 is 1.07 bits per heavy atom. The molecule has 1 saturated heterocycles. The second-order valence-corrected chi connectivity index (χ2v) is 8.59. The van der Waals surface area contributed by atoms with E-state index in [1.165, 1.54) is 4.31 Å². The summed E-state index contributed by atoms with van der Waals surface area (Å²) in [7, 11) is -3.52. The number of pyridine rings is 1. The van der Waals surface area contributed by atoms with Crippen LogP contribution < -0.4 is 10.1 Å². The highest BCUT2D eigenvalue weighted by atomic mass is 32.2. The van der Waals surface area contributed by atoms with E-state index in [4.69, 9.17) is 9.47 Å². The molecular formula is C21H23N3O4S. The van der Waals surface area contributed by atoms with E-state index in [1.54, 1.807) is 18.2 Å². The van der Waals surface area contributed by atoms with E-state index in [9.17, 15) is 8.42 Å². The Balaban J connectivity index is 1.55. The van der Waals surface area contributed by atoms with E-state index in [2.05, 4.69) is 10.3 Å². The molecule has 0 unspecified atom stereocenters. The number of nitrogens with one attached hydrogen (secondary N) is 1. The van der Waals surface area contributed by atoms with Gasteiger partial charge in [-0.15, -0.1) is 0 Å². The van der Waals surface area contributed by atoms with Crippen molar-refractivity contribution in [3.05, 3.63) is 54.6 Å². The predicted octanol–water partition coefficient (Wildman–Crippen LogP) is 3.40. The molecule has 0 saturated carbocycles. The Morgan fingerprint density at radius 3 is 2.55 bits per heavy atom. The summed E-state index contributed by atoms with van der Waals surface area (Å²) in [6, 6.07) is 16.4. The number of nitrogens with zero attached hydrogens (tertiary/aromatic N) is 2. The molecule has 1 aliphatic heterocycles. The molecule has 152 valence electrons. The van der Waals surface area contributed by atoms with E-state index in [0.29, 0.717) is 38.7 Å². The van der Waals surface area contributed by atoms with Crippen molar-refractivity contribution in [2.75, 3.05) is 38.2 Å². The fourth-order valence-electron chi connectivity index (χ4n) is 3.22. The minimum absolute atomic E-state index is 0.279. The number of ether oxygens (including phenoxy) is 2. The molecule has 0 spiro atoms. The smallest absolute Gasteiger partial charge is 0.243 e. The Labute approximate surface area is 170 Å². The van der Waals surface area contributed by atoms with Crippen LogP contribution in [0.15, 0.2) is 59.5 Å². The highest BCUT2D eigenvalue weighted by Crippen LogP contribution is 2.25. The number of morpholine rings is 1. The minimum atomic E-state index is -3.52. The molecular weight excluding hydrogens is 390 g/mol. The van der Waals surface area contributed by atoms with Crippen molar-refractivity contribution in [1.82, 2.24) is 9.29 Å². The first-order valence-corrected chi connectivity index (χ1v) is 11.0. The van der Waals surface area contributed by atoms with Gasteiger partial charge in [-0.3, -0.25) is 0 Å². The third-order valence-electron chi connectivity index (χ3n) is 4.71. The molecule has 0 atom stereocenters. The monoisotopic (exact) mass is 413 g/mol. The topological polar surface area (TPSA) is 80.8 Å². The number of anilines is 2. The van der Waals surface area contributed by atoms with Crippen LogP contribution in [0.3, 0.4) is 0 Å². The molecule has 7 nitrogen and oxygen atoms in total. The second-order valence-electron chi connectivity index (χ2n) is 6.65. The highest BCUT2D eigenvalue weighted by molar-refractivity contribution is 7.89. The lowest BCUT2D eigenvalue weighted by Crippen LogP contribution is -2.40. The minimum Gasteiger partial charge on any atom is -0.494 e. The molecule has 3 aromatic rings. The van der Waals surface area contributed by atoms with Crippen molar-refractivity contribution in [2.24, 2.45) is 0 Å². The van der Waals surface area contributed by atoms with Gasteiger partial charge in [0.1, 0.15) is 11.6 Å². The van der Waals surface area contributed by atoms with E-state index in [-0.39, 0.29) is 4.90 Å². The summed E-state index contributed by atoms with van der Waals surface area (Å²) in [6.45, 7) is 4.18. The molecule has 0 radical (unpaired) electrons. The van der Waals surface area contributed by atoms with Gasteiger partial charge in [-0.25, -0.2) is 13.4 Å². The third kappa shape index (κ3) is 4.34. The zero-order chi connectivity index (χ0) is 20.3. The molecule has 1 aromatic heterocycles. The van der Waals surface area contributed by atoms with E-state index >= 15 is 0 Å². The van der Waals surface area contributed by atoms with Crippen LogP contribution in [0.25, 0.3) is 10.9 Å². The van der Waals surface area contributed by atoms with Crippen LogP contribution in [0.1, 0.15) is 6.92 Å². The molecule has 8 heteroatoms. The lowest BCUT2D eigenvalue weighted by molar-refractivity contribution is 0.0730. The maximum Gasteiger partial charge on any atom is 0.243 e. The second kappa shape index (κ2) is 8.36. The zero-order valence-electron chi connectivity index (χ0n) is 16.2. The summed E-state index contributed by atoms with van der Waals surface area (Å²) >= 11 is 0. The van der Waals surface area contributed by atoms with Crippen LogP contribution in [0.5, 0.6) is 5.75 Å². The molecule has 0 bridgehead atoms. The van der Waals surface area contributed by atoms with Crippen LogP contribution in [0, 0.1) is 0 Å². The Morgan fingerprint density at radius 2 is 1.83 bits per heavy atom. The number of sulfonamides is 1. The van der Waals surface area contributed by atoms with Crippen LogP contribution in [0.4, 0.5) is 11.5 Å². The van der Waals surface area contributed by atoms with Crippen molar-refractivity contribution in [3.63, 3.8) is 0 Å². The van der Waals surface area contributed by atoms with Gasteiger partial charge in [-0.1, -0.05) is 0 Å². The summed E-state index contributed by atoms with van der Waals surface area (Å²) in [6.07, 6.45) is 0. The van der Waals surface area contributed by atoms with Crippen LogP contribution >= 0.6 is 0 Å². The van der Waals surface area contributed by atoms with Gasteiger partial charge >= 0.3 is 0 Å². The van der Waals surface area contributed by atoms with Crippen LogP contribution in [-0.4, -0.2) is 50.6 Å². The number of rotatable bonds is 6. The van der Waals surface area contributed by atoms with Crippen molar-refractivity contribution in [1.29, 1.82) is 0 Å². The first-order chi connectivity index (χ1) is 14.1. The van der Waals surface area contributed by atoms with Crippen molar-refractivity contribution in [3.8, 4) is 5.75 Å². The first-order valence-electron chi connectivity index (χ1n) is 9.55. The number of hydrogen-bond donors (Lipinski definition) is 1. The number of aromatic nitrogens is 1. The summed E-state index contributed by atoms with van der Waals surface area (Å²) < 4.78 is 37.8. The average Bonchev–Trinajstić information content (AvgIpc) is 2.75. The van der Waals surface area contributed by atoms with Gasteiger partial charge in [0.15, 0.2) is 0 Å². The average molecular weight is 413 g/mol. The normalized spacial score (nSPS) is 15.3. The molecule has 29 heavy (non-hydrogen) atoms. The fraction of sp³-hybridized carbons (Fsp3) is 0.286. The van der Waals surface area contributed by atoms with Crippen molar-refractivity contribution >= 4 is 32.4 Å². The number of benzene rings is 2.